The molecule has 7 heteroatoms. The van der Waals surface area contributed by atoms with E-state index < -0.39 is 5.97 Å². The van der Waals surface area contributed by atoms with E-state index in [9.17, 15) is 14.4 Å². The number of ether oxygens (including phenoxy) is 2. The molecule has 1 saturated heterocycles. The minimum Gasteiger partial charge on any atom is -0.482 e. The van der Waals surface area contributed by atoms with Gasteiger partial charge in [0.05, 0.1) is 12.0 Å². The molecule has 1 fully saturated rings. The molecule has 0 aromatic heterocycles. The first-order chi connectivity index (χ1) is 14.1. The minimum atomic E-state index is -0.463. The Labute approximate surface area is 173 Å². The number of methoxy groups -OCH3 is 1. The van der Waals surface area contributed by atoms with Crippen molar-refractivity contribution in [2.24, 2.45) is 0 Å². The van der Waals surface area contributed by atoms with Crippen molar-refractivity contribution in [2.45, 2.75) is 12.8 Å². The van der Waals surface area contributed by atoms with E-state index in [2.05, 4.69) is 4.74 Å². The molecule has 2 aromatic carbocycles. The van der Waals surface area contributed by atoms with Gasteiger partial charge in [-0.15, -0.1) is 0 Å². The average molecular weight is 411 g/mol. The highest BCUT2D eigenvalue weighted by Gasteiger charge is 2.34. The van der Waals surface area contributed by atoms with Gasteiger partial charge in [0.2, 0.25) is 0 Å². The van der Waals surface area contributed by atoms with Gasteiger partial charge < -0.3 is 9.47 Å². The van der Waals surface area contributed by atoms with Crippen LogP contribution in [-0.4, -0.2) is 42.3 Å². The van der Waals surface area contributed by atoms with Crippen LogP contribution in [0.2, 0.25) is 0 Å². The molecule has 0 saturated carbocycles. The number of hydrogen-bond acceptors (Lipinski definition) is 6. The normalized spacial score (nSPS) is 15.1. The smallest absolute Gasteiger partial charge is 0.343 e. The van der Waals surface area contributed by atoms with Gasteiger partial charge in [0.15, 0.2) is 6.61 Å². The lowest BCUT2D eigenvalue weighted by molar-refractivity contribution is -0.142. The summed E-state index contributed by atoms with van der Waals surface area (Å²) in [5.74, 6) is -0.212. The number of rotatable bonds is 8. The van der Waals surface area contributed by atoms with Crippen molar-refractivity contribution in [1.82, 2.24) is 4.90 Å². The Balaban J connectivity index is 1.56. The van der Waals surface area contributed by atoms with Crippen LogP contribution in [0, 0.1) is 0 Å². The fourth-order valence-corrected chi connectivity index (χ4v) is 3.66. The fraction of sp³-hybridized carbons (Fsp3) is 0.227. The van der Waals surface area contributed by atoms with Gasteiger partial charge in [-0.3, -0.25) is 14.5 Å². The highest BCUT2D eigenvalue weighted by Crippen LogP contribution is 2.32. The van der Waals surface area contributed by atoms with Crippen molar-refractivity contribution >= 4 is 35.0 Å². The number of benzene rings is 2. The second kappa shape index (κ2) is 9.93. The lowest BCUT2D eigenvalue weighted by Gasteiger charge is -2.12. The molecular weight excluding hydrogens is 390 g/mol. The number of carbonyl (C=O) groups excluding carboxylic acids is 3. The summed E-state index contributed by atoms with van der Waals surface area (Å²) < 4.78 is 9.81. The molecule has 0 spiro atoms. The van der Waals surface area contributed by atoms with Crippen LogP contribution >= 0.6 is 11.8 Å². The first-order valence-corrected chi connectivity index (χ1v) is 9.97. The quantitative estimate of drug-likeness (QED) is 0.484. The number of thioether (sulfide) groups is 1. The summed E-state index contributed by atoms with van der Waals surface area (Å²) in [6.45, 7) is 0.231. The Morgan fingerprint density at radius 3 is 2.48 bits per heavy atom. The molecule has 1 heterocycles. The lowest BCUT2D eigenvalue weighted by Crippen LogP contribution is -2.29. The molecule has 0 unspecified atom stereocenters. The lowest BCUT2D eigenvalue weighted by atomic mass is 10.1. The van der Waals surface area contributed by atoms with Crippen LogP contribution in [0.5, 0.6) is 5.75 Å². The summed E-state index contributed by atoms with van der Waals surface area (Å²) in [5, 5.41) is -0.243. The first-order valence-electron chi connectivity index (χ1n) is 9.16. The summed E-state index contributed by atoms with van der Waals surface area (Å²) in [4.78, 5) is 37.6. The maximum atomic E-state index is 12.6. The van der Waals surface area contributed by atoms with Gasteiger partial charge >= 0.3 is 5.97 Å². The van der Waals surface area contributed by atoms with Gasteiger partial charge in [0, 0.05) is 6.54 Å². The van der Waals surface area contributed by atoms with E-state index in [0.29, 0.717) is 17.2 Å². The number of hydrogen-bond donors (Lipinski definition) is 0. The van der Waals surface area contributed by atoms with Crippen molar-refractivity contribution in [3.8, 4) is 5.75 Å². The Morgan fingerprint density at radius 1 is 1.07 bits per heavy atom. The van der Waals surface area contributed by atoms with Crippen LogP contribution in [0.15, 0.2) is 59.5 Å². The van der Waals surface area contributed by atoms with Gasteiger partial charge in [-0.1, -0.05) is 42.5 Å². The van der Waals surface area contributed by atoms with Crippen LogP contribution in [0.3, 0.4) is 0 Å². The van der Waals surface area contributed by atoms with E-state index in [-0.39, 0.29) is 17.8 Å². The van der Waals surface area contributed by atoms with Gasteiger partial charge in [0.1, 0.15) is 5.75 Å². The van der Waals surface area contributed by atoms with E-state index >= 15 is 0 Å². The Kier molecular flexibility index (Phi) is 7.08. The molecule has 2 aromatic rings. The van der Waals surface area contributed by atoms with E-state index in [4.69, 9.17) is 4.74 Å². The van der Waals surface area contributed by atoms with Crippen LogP contribution in [-0.2, 0) is 20.7 Å². The summed E-state index contributed by atoms with van der Waals surface area (Å²) in [6.07, 6.45) is 3.22. The monoisotopic (exact) mass is 411 g/mol. The number of aryl methyl sites for hydroxylation is 1. The maximum Gasteiger partial charge on any atom is 0.343 e. The number of imide groups is 1. The van der Waals surface area contributed by atoms with E-state index in [1.165, 1.54) is 17.6 Å². The maximum absolute atomic E-state index is 12.6. The van der Waals surface area contributed by atoms with Crippen molar-refractivity contribution in [1.29, 1.82) is 0 Å². The largest absolute Gasteiger partial charge is 0.482 e. The molecule has 0 atom stereocenters. The SMILES string of the molecule is COC(=O)COc1ccc(/C=C2/SC(=O)N(CCCc3ccccc3)C2=O)cc1. The molecule has 1 aliphatic rings. The number of esters is 1. The number of carbonyl (C=O) groups is 3. The second-order valence-corrected chi connectivity index (χ2v) is 7.35. The number of nitrogens with zero attached hydrogens (tertiary/aromatic N) is 1. The Morgan fingerprint density at radius 2 is 1.79 bits per heavy atom. The topological polar surface area (TPSA) is 72.9 Å². The molecule has 0 aliphatic carbocycles. The summed E-state index contributed by atoms with van der Waals surface area (Å²) in [6, 6.07) is 16.9. The predicted octanol–water partition coefficient (Wildman–Crippen LogP) is 3.91. The summed E-state index contributed by atoms with van der Waals surface area (Å²) in [5.41, 5.74) is 1.95. The molecular formula is C22H21NO5S. The van der Waals surface area contributed by atoms with E-state index in [0.717, 1.165) is 30.2 Å². The molecule has 1 aliphatic heterocycles. The molecule has 3 rings (SSSR count). The standard InChI is InChI=1S/C22H21NO5S/c1-27-20(24)15-28-18-11-9-17(10-12-18)14-19-21(25)23(22(26)29-19)13-5-8-16-6-3-2-4-7-16/h2-4,6-7,9-12,14H,5,8,13,15H2,1H3/b19-14+. The molecule has 0 N–H and O–H groups in total. The zero-order valence-electron chi connectivity index (χ0n) is 16.0. The molecule has 0 radical (unpaired) electrons. The molecule has 29 heavy (non-hydrogen) atoms. The zero-order valence-corrected chi connectivity index (χ0v) is 16.8. The first kappa shape index (κ1) is 20.7. The van der Waals surface area contributed by atoms with Crippen molar-refractivity contribution in [3.05, 3.63) is 70.6 Å². The third-order valence-electron chi connectivity index (χ3n) is 4.33. The van der Waals surface area contributed by atoms with Crippen molar-refractivity contribution < 1.29 is 23.9 Å². The predicted molar refractivity (Wildman–Crippen MR) is 111 cm³/mol. The Bertz CT molecular complexity index is 909. The van der Waals surface area contributed by atoms with Gasteiger partial charge in [-0.2, -0.15) is 0 Å². The zero-order chi connectivity index (χ0) is 20.6. The van der Waals surface area contributed by atoms with Crippen LogP contribution in [0.1, 0.15) is 17.5 Å². The average Bonchev–Trinajstić information content (AvgIpc) is 3.01. The van der Waals surface area contributed by atoms with Gasteiger partial charge in [-0.25, -0.2) is 4.79 Å². The van der Waals surface area contributed by atoms with Gasteiger partial charge in [0.25, 0.3) is 11.1 Å². The third kappa shape index (κ3) is 5.71. The fourth-order valence-electron chi connectivity index (χ4n) is 2.79. The molecule has 0 bridgehead atoms. The third-order valence-corrected chi connectivity index (χ3v) is 5.23. The van der Waals surface area contributed by atoms with Crippen molar-refractivity contribution in [2.75, 3.05) is 20.3 Å². The molecule has 6 nitrogen and oxygen atoms in total. The highest BCUT2D eigenvalue weighted by molar-refractivity contribution is 8.18. The number of amides is 2. The Hall–Kier alpha value is -3.06. The van der Waals surface area contributed by atoms with Crippen LogP contribution in [0.25, 0.3) is 6.08 Å². The van der Waals surface area contributed by atoms with E-state index in [1.807, 2.05) is 30.3 Å². The van der Waals surface area contributed by atoms with Gasteiger partial charge in [-0.05, 0) is 53.9 Å². The highest BCUT2D eigenvalue weighted by atomic mass is 32.2. The van der Waals surface area contributed by atoms with Crippen LogP contribution in [0.4, 0.5) is 4.79 Å². The summed E-state index contributed by atoms with van der Waals surface area (Å²) in [7, 11) is 1.30. The van der Waals surface area contributed by atoms with Crippen LogP contribution < -0.4 is 4.74 Å². The molecule has 2 amide bonds. The second-order valence-electron chi connectivity index (χ2n) is 6.36. The molecule has 150 valence electrons. The van der Waals surface area contributed by atoms with Crippen molar-refractivity contribution in [3.63, 3.8) is 0 Å². The summed E-state index contributed by atoms with van der Waals surface area (Å²) >= 11 is 0.950. The van der Waals surface area contributed by atoms with E-state index in [1.54, 1.807) is 30.3 Å². The minimum absolute atomic E-state index is 0.169.